The van der Waals surface area contributed by atoms with Gasteiger partial charge >= 0.3 is 19.5 Å². The maximum Gasteiger partial charge on any atom is 2.00 e. The van der Waals surface area contributed by atoms with E-state index in [1.807, 2.05) is 60.7 Å². The third-order valence-corrected chi connectivity index (χ3v) is 8.70. The largest absolute Gasteiger partial charge is 2.00 e. The molecule has 1 aromatic heterocycles. The van der Waals surface area contributed by atoms with E-state index in [0.29, 0.717) is 33.5 Å². The Kier molecular flexibility index (Phi) is 12.4. The van der Waals surface area contributed by atoms with Gasteiger partial charge in [-0.2, -0.15) is 0 Å². The molecule has 0 unspecified atom stereocenters. The van der Waals surface area contributed by atoms with Gasteiger partial charge < -0.3 is 15.3 Å². The molecule has 0 amide bonds. The topological polar surface area (TPSA) is 117 Å². The number of hydrogen-bond donors (Lipinski definition) is 1. The maximum absolute atomic E-state index is 13.8. The zero-order valence-corrected chi connectivity index (χ0v) is 35.7. The molecule has 51 heavy (non-hydrogen) atoms. The summed E-state index contributed by atoms with van der Waals surface area (Å²) in [7, 11) is 1.00. The van der Waals surface area contributed by atoms with Gasteiger partial charge in [0.15, 0.2) is 0 Å². The third kappa shape index (κ3) is 9.47. The summed E-state index contributed by atoms with van der Waals surface area (Å²) in [4.78, 5) is 19.5. The van der Waals surface area contributed by atoms with Crippen molar-refractivity contribution in [2.24, 2.45) is 9.98 Å². The second-order valence-corrected chi connectivity index (χ2v) is 16.9. The summed E-state index contributed by atoms with van der Waals surface area (Å²) in [5.41, 5.74) is 7.61. The second-order valence-electron chi connectivity index (χ2n) is 16.9. The van der Waals surface area contributed by atoms with E-state index < -0.39 is 0 Å². The van der Waals surface area contributed by atoms with Crippen LogP contribution in [0.4, 0.5) is 11.4 Å². The fourth-order valence-corrected chi connectivity index (χ4v) is 5.61. The van der Waals surface area contributed by atoms with Gasteiger partial charge in [0.2, 0.25) is 0 Å². The summed E-state index contributed by atoms with van der Waals surface area (Å²) in [6, 6.07) is 19.4. The van der Waals surface area contributed by atoms with Crippen molar-refractivity contribution in [2.75, 3.05) is 7.11 Å². The van der Waals surface area contributed by atoms with Gasteiger partial charge in [-0.05, 0) is 79.3 Å². The number of hydrogen-bond acceptors (Lipinski definition) is 7. The van der Waals surface area contributed by atoms with Gasteiger partial charge in [-0.3, -0.25) is 9.98 Å². The van der Waals surface area contributed by atoms with Gasteiger partial charge in [0.25, 0.3) is 0 Å². The molecule has 0 aliphatic rings. The summed E-state index contributed by atoms with van der Waals surface area (Å²) in [5.74, 6) is -0.0823. The van der Waals surface area contributed by atoms with E-state index in [1.165, 1.54) is 0 Å². The Morgan fingerprint density at radius 2 is 0.843 bits per heavy atom. The minimum Gasteiger partial charge on any atom is -0.872 e. The van der Waals surface area contributed by atoms with E-state index >= 15 is 0 Å². The molecule has 1 heterocycles. The number of aliphatic imine (C=N–C) groups is 2. The zero-order valence-electron chi connectivity index (χ0n) is 32.7. The Labute approximate surface area is 316 Å². The van der Waals surface area contributed by atoms with Crippen LogP contribution in [-0.2, 0) is 41.1 Å². The van der Waals surface area contributed by atoms with E-state index in [-0.39, 0.29) is 52.6 Å². The van der Waals surface area contributed by atoms with Crippen molar-refractivity contribution in [3.8, 4) is 11.5 Å². The average molecular weight is 738 g/mol. The standard InChI is InChI=1S/C42H50N4O2.CH4O.Zn/c1-39(2,3)27-17-25(37(47)29(19-27)41(7,8)9)23-43-33-21-35-36(46-32-16-14-13-15-31(32)45-35)22-34(33)44-24-26-18-28(40(4,5)6)20-30(38(26)48)42(10,11)12;1-2;/h13-24,47-48H,1-12H3;2H,1H3;/q;;+2/p-2. The predicted molar refractivity (Wildman–Crippen MR) is 206 cm³/mol. The molecule has 0 radical (unpaired) electrons. The van der Waals surface area contributed by atoms with Crippen molar-refractivity contribution in [3.63, 3.8) is 0 Å². The van der Waals surface area contributed by atoms with Crippen LogP contribution in [0.15, 0.2) is 70.6 Å². The summed E-state index contributed by atoms with van der Waals surface area (Å²) >= 11 is 0. The van der Waals surface area contributed by atoms with Gasteiger partial charge in [-0.15, -0.1) is 0 Å². The molecule has 1 N–H and O–H groups in total. The smallest absolute Gasteiger partial charge is 0.872 e. The molecule has 0 saturated carbocycles. The van der Waals surface area contributed by atoms with Gasteiger partial charge in [-0.1, -0.05) is 131 Å². The van der Waals surface area contributed by atoms with E-state index in [2.05, 4.69) is 83.1 Å². The van der Waals surface area contributed by atoms with Crippen LogP contribution >= 0.6 is 0 Å². The number of aromatic nitrogens is 2. The third-order valence-electron chi connectivity index (χ3n) is 8.70. The molecule has 5 aromatic rings. The molecular formula is C43H52N4O3Zn. The molecule has 0 aliphatic heterocycles. The fourth-order valence-electron chi connectivity index (χ4n) is 5.61. The maximum atomic E-state index is 13.8. The number of aliphatic hydroxyl groups is 1. The Hall–Kier alpha value is -4.00. The van der Waals surface area contributed by atoms with Crippen LogP contribution in [0.5, 0.6) is 11.5 Å². The Balaban J connectivity index is 0.00000230. The SMILES string of the molecule is CC(C)(C)c1cc(C=Nc2cc3nc4ccccc4nc3cc2N=Cc2cc(C(C)(C)C)cc(C(C)(C)C)c2[O-])c([O-])c(C(C)(C)C)c1.CO.[Zn+2]. The number of fused-ring (bicyclic) bond motifs is 2. The van der Waals surface area contributed by atoms with E-state index in [1.54, 1.807) is 12.4 Å². The van der Waals surface area contributed by atoms with E-state index in [4.69, 9.17) is 25.1 Å². The number of benzene rings is 4. The van der Waals surface area contributed by atoms with Crippen LogP contribution in [0.1, 0.15) is 116 Å². The number of rotatable bonds is 4. The summed E-state index contributed by atoms with van der Waals surface area (Å²) < 4.78 is 0. The number of para-hydroxylation sites is 2. The van der Waals surface area contributed by atoms with E-state index in [9.17, 15) is 10.2 Å². The Morgan fingerprint density at radius 3 is 1.14 bits per heavy atom. The minimum absolute atomic E-state index is 0. The fraction of sp³-hybridized carbons (Fsp3) is 0.395. The quantitative estimate of drug-likeness (QED) is 0.112. The molecule has 0 fully saturated rings. The summed E-state index contributed by atoms with van der Waals surface area (Å²) in [5, 5.41) is 34.5. The first kappa shape index (κ1) is 41.4. The Bertz CT molecular complexity index is 1940. The van der Waals surface area contributed by atoms with E-state index in [0.717, 1.165) is 40.4 Å². The molecule has 264 valence electrons. The van der Waals surface area contributed by atoms with Gasteiger partial charge in [0, 0.05) is 19.5 Å². The second kappa shape index (κ2) is 15.3. The van der Waals surface area contributed by atoms with Gasteiger partial charge in [0.1, 0.15) is 0 Å². The molecule has 0 bridgehead atoms. The number of nitrogens with zero attached hydrogens (tertiary/aromatic N) is 4. The van der Waals surface area contributed by atoms with Crippen molar-refractivity contribution in [3.05, 3.63) is 94.0 Å². The zero-order chi connectivity index (χ0) is 37.4. The number of aliphatic hydroxyl groups excluding tert-OH is 1. The monoisotopic (exact) mass is 736 g/mol. The van der Waals surface area contributed by atoms with Crippen LogP contribution < -0.4 is 10.2 Å². The van der Waals surface area contributed by atoms with Crippen LogP contribution in [0.25, 0.3) is 22.1 Å². The van der Waals surface area contributed by atoms with Gasteiger partial charge in [-0.25, -0.2) is 9.97 Å². The van der Waals surface area contributed by atoms with Crippen molar-refractivity contribution >= 4 is 45.9 Å². The van der Waals surface area contributed by atoms with Crippen LogP contribution in [0, 0.1) is 0 Å². The van der Waals surface area contributed by atoms with Crippen molar-refractivity contribution in [1.29, 1.82) is 0 Å². The molecule has 8 heteroatoms. The Morgan fingerprint density at radius 1 is 0.510 bits per heavy atom. The molecule has 5 rings (SSSR count). The van der Waals surface area contributed by atoms with Crippen LogP contribution in [0.2, 0.25) is 0 Å². The first-order valence-electron chi connectivity index (χ1n) is 17.1. The summed E-state index contributed by atoms with van der Waals surface area (Å²) in [6.45, 7) is 25.2. The molecule has 0 spiro atoms. The molecule has 0 atom stereocenters. The molecular weight excluding hydrogens is 686 g/mol. The van der Waals surface area contributed by atoms with Crippen molar-refractivity contribution in [2.45, 2.75) is 105 Å². The normalized spacial score (nSPS) is 12.7. The average Bonchev–Trinajstić information content (AvgIpc) is 3.01. The van der Waals surface area contributed by atoms with Crippen molar-refractivity contribution < 1.29 is 34.8 Å². The molecule has 0 aliphatic carbocycles. The van der Waals surface area contributed by atoms with Crippen LogP contribution in [0.3, 0.4) is 0 Å². The first-order chi connectivity index (χ1) is 23.1. The van der Waals surface area contributed by atoms with Crippen LogP contribution in [-0.4, -0.2) is 34.6 Å². The van der Waals surface area contributed by atoms with Crippen molar-refractivity contribution in [1.82, 2.24) is 9.97 Å². The molecule has 4 aromatic carbocycles. The minimum atomic E-state index is -0.334. The summed E-state index contributed by atoms with van der Waals surface area (Å²) in [6.07, 6.45) is 3.27. The predicted octanol–water partition coefficient (Wildman–Crippen LogP) is 9.23. The molecule has 7 nitrogen and oxygen atoms in total. The first-order valence-corrected chi connectivity index (χ1v) is 17.1. The van der Waals surface area contributed by atoms with Gasteiger partial charge in [0.05, 0.1) is 33.4 Å². The molecule has 0 saturated heterocycles.